The van der Waals surface area contributed by atoms with E-state index in [0.29, 0.717) is 6.61 Å². The summed E-state index contributed by atoms with van der Waals surface area (Å²) in [6.07, 6.45) is -0.402. The van der Waals surface area contributed by atoms with Gasteiger partial charge in [0.2, 0.25) is 0 Å². The van der Waals surface area contributed by atoms with Crippen LogP contribution < -0.4 is 4.74 Å². The molecule has 0 heterocycles. The van der Waals surface area contributed by atoms with Crippen LogP contribution in [0, 0.1) is 0 Å². The lowest BCUT2D eigenvalue weighted by Gasteiger charge is -2.08. The van der Waals surface area contributed by atoms with Gasteiger partial charge in [-0.15, -0.1) is 0 Å². The number of carboxylic acids is 1. The van der Waals surface area contributed by atoms with Gasteiger partial charge in [0.15, 0.2) is 9.84 Å². The van der Waals surface area contributed by atoms with Crippen LogP contribution in [0.25, 0.3) is 11.1 Å². The van der Waals surface area contributed by atoms with E-state index in [1.807, 2.05) is 31.2 Å². The number of hydrogen-bond donors (Lipinski definition) is 1. The van der Waals surface area contributed by atoms with Crippen LogP contribution in [0.1, 0.15) is 13.3 Å². The Morgan fingerprint density at radius 2 is 1.78 bits per heavy atom. The Kier molecular flexibility index (Phi) is 5.39. The highest BCUT2D eigenvalue weighted by molar-refractivity contribution is 7.91. The maximum atomic E-state index is 12.0. The Morgan fingerprint density at radius 1 is 1.09 bits per heavy atom. The zero-order valence-corrected chi connectivity index (χ0v) is 13.5. The molecule has 0 saturated heterocycles. The van der Waals surface area contributed by atoms with Gasteiger partial charge in [0, 0.05) is 0 Å². The van der Waals surface area contributed by atoms with E-state index in [9.17, 15) is 13.2 Å². The first kappa shape index (κ1) is 17.0. The number of benzene rings is 2. The molecule has 1 N–H and O–H groups in total. The van der Waals surface area contributed by atoms with Crippen molar-refractivity contribution in [3.8, 4) is 16.9 Å². The highest BCUT2D eigenvalue weighted by Crippen LogP contribution is 2.25. The number of carbonyl (C=O) groups is 1. The van der Waals surface area contributed by atoms with Gasteiger partial charge in [-0.2, -0.15) is 0 Å². The van der Waals surface area contributed by atoms with Crippen LogP contribution in [-0.2, 0) is 14.6 Å². The average Bonchev–Trinajstić information content (AvgIpc) is 2.54. The van der Waals surface area contributed by atoms with Crippen LogP contribution in [0.15, 0.2) is 53.4 Å². The first-order chi connectivity index (χ1) is 10.9. The Bertz CT molecular complexity index is 779. The topological polar surface area (TPSA) is 80.7 Å². The zero-order chi connectivity index (χ0) is 16.9. The van der Waals surface area contributed by atoms with Gasteiger partial charge in [-0.25, -0.2) is 8.42 Å². The molecule has 0 unspecified atom stereocenters. The molecule has 0 saturated carbocycles. The van der Waals surface area contributed by atoms with E-state index in [1.165, 1.54) is 12.1 Å². The normalized spacial score (nSPS) is 11.2. The van der Waals surface area contributed by atoms with Gasteiger partial charge in [0.25, 0.3) is 0 Å². The van der Waals surface area contributed by atoms with Crippen LogP contribution in [0.2, 0.25) is 0 Å². The van der Waals surface area contributed by atoms with E-state index in [1.54, 1.807) is 12.1 Å². The molecular formula is C17H18O5S. The molecule has 23 heavy (non-hydrogen) atoms. The predicted octanol–water partition coefficient (Wildman–Crippen LogP) is 3.00. The monoisotopic (exact) mass is 334 g/mol. The van der Waals surface area contributed by atoms with Crippen LogP contribution in [0.5, 0.6) is 5.75 Å². The fourth-order valence-electron chi connectivity index (χ4n) is 2.13. The summed E-state index contributed by atoms with van der Waals surface area (Å²) in [6, 6.07) is 13.9. The molecule has 0 spiro atoms. The maximum absolute atomic E-state index is 12.0. The van der Waals surface area contributed by atoms with Crippen LogP contribution in [0.3, 0.4) is 0 Å². The lowest BCUT2D eigenvalue weighted by molar-refractivity contribution is -0.136. The van der Waals surface area contributed by atoms with Crippen molar-refractivity contribution >= 4 is 15.8 Å². The van der Waals surface area contributed by atoms with Crippen molar-refractivity contribution in [2.75, 3.05) is 12.4 Å². The number of sulfone groups is 1. The summed E-state index contributed by atoms with van der Waals surface area (Å²) in [7, 11) is -3.58. The van der Waals surface area contributed by atoms with Crippen molar-refractivity contribution in [1.29, 1.82) is 0 Å². The molecule has 0 aliphatic carbocycles. The van der Waals surface area contributed by atoms with Crippen LogP contribution in [0.4, 0.5) is 0 Å². The molecule has 0 aromatic heterocycles. The standard InChI is InChI=1S/C17H18O5S/c1-2-22-15-5-3-4-14(12-15)13-6-8-16(9-7-13)23(20,21)11-10-17(18)19/h3-9,12H,2,10-11H2,1H3,(H,18,19). The molecule has 6 heteroatoms. The average molecular weight is 334 g/mol. The third-order valence-electron chi connectivity index (χ3n) is 3.28. The number of aliphatic carboxylic acids is 1. The summed E-state index contributed by atoms with van der Waals surface area (Å²) in [5.41, 5.74) is 1.79. The highest BCUT2D eigenvalue weighted by Gasteiger charge is 2.16. The Balaban J connectivity index is 2.22. The van der Waals surface area contributed by atoms with Crippen molar-refractivity contribution in [1.82, 2.24) is 0 Å². The summed E-state index contributed by atoms with van der Waals surface area (Å²) < 4.78 is 29.5. The quantitative estimate of drug-likeness (QED) is 0.842. The summed E-state index contributed by atoms with van der Waals surface area (Å²) in [5, 5.41) is 8.61. The molecule has 122 valence electrons. The molecule has 2 aromatic rings. The summed E-state index contributed by atoms with van der Waals surface area (Å²) in [6.45, 7) is 2.48. The molecule has 0 radical (unpaired) electrons. The number of rotatable bonds is 7. The molecule has 0 atom stereocenters. The molecule has 0 fully saturated rings. The zero-order valence-electron chi connectivity index (χ0n) is 12.7. The fourth-order valence-corrected chi connectivity index (χ4v) is 3.36. The highest BCUT2D eigenvalue weighted by atomic mass is 32.2. The minimum atomic E-state index is -3.58. The minimum absolute atomic E-state index is 0.128. The Hall–Kier alpha value is -2.34. The minimum Gasteiger partial charge on any atom is -0.494 e. The SMILES string of the molecule is CCOc1cccc(-c2ccc(S(=O)(=O)CCC(=O)O)cc2)c1. The van der Waals surface area contributed by atoms with Gasteiger partial charge in [-0.3, -0.25) is 4.79 Å². The first-order valence-electron chi connectivity index (χ1n) is 7.20. The van der Waals surface area contributed by atoms with E-state index in [-0.39, 0.29) is 4.90 Å². The second kappa shape index (κ2) is 7.28. The van der Waals surface area contributed by atoms with Gasteiger partial charge in [-0.1, -0.05) is 24.3 Å². The van der Waals surface area contributed by atoms with Gasteiger partial charge in [-0.05, 0) is 42.3 Å². The van der Waals surface area contributed by atoms with Crippen molar-refractivity contribution in [2.45, 2.75) is 18.2 Å². The molecule has 0 bridgehead atoms. The molecule has 2 aromatic carbocycles. The number of hydrogen-bond acceptors (Lipinski definition) is 4. The lowest BCUT2D eigenvalue weighted by Crippen LogP contribution is -2.10. The predicted molar refractivity (Wildman–Crippen MR) is 87.4 cm³/mol. The Morgan fingerprint density at radius 3 is 2.39 bits per heavy atom. The summed E-state index contributed by atoms with van der Waals surface area (Å²) in [4.78, 5) is 10.7. The number of carboxylic acid groups (broad SMARTS) is 1. The van der Waals surface area contributed by atoms with E-state index < -0.39 is 28.0 Å². The van der Waals surface area contributed by atoms with E-state index in [2.05, 4.69) is 0 Å². The second-order valence-electron chi connectivity index (χ2n) is 4.95. The fraction of sp³-hybridized carbons (Fsp3) is 0.235. The Labute approximate surface area is 135 Å². The van der Waals surface area contributed by atoms with E-state index in [4.69, 9.17) is 9.84 Å². The van der Waals surface area contributed by atoms with E-state index in [0.717, 1.165) is 16.9 Å². The molecule has 0 aliphatic rings. The maximum Gasteiger partial charge on any atom is 0.304 e. The smallest absolute Gasteiger partial charge is 0.304 e. The van der Waals surface area contributed by atoms with Gasteiger partial charge >= 0.3 is 5.97 Å². The van der Waals surface area contributed by atoms with Crippen molar-refractivity contribution in [3.05, 3.63) is 48.5 Å². The van der Waals surface area contributed by atoms with Crippen molar-refractivity contribution in [3.63, 3.8) is 0 Å². The van der Waals surface area contributed by atoms with Crippen LogP contribution >= 0.6 is 0 Å². The second-order valence-corrected chi connectivity index (χ2v) is 7.06. The summed E-state index contributed by atoms with van der Waals surface area (Å²) in [5.74, 6) is -0.775. The van der Waals surface area contributed by atoms with Gasteiger partial charge in [0.05, 0.1) is 23.7 Å². The first-order valence-corrected chi connectivity index (χ1v) is 8.85. The van der Waals surface area contributed by atoms with E-state index >= 15 is 0 Å². The largest absolute Gasteiger partial charge is 0.494 e. The summed E-state index contributed by atoms with van der Waals surface area (Å²) >= 11 is 0. The number of ether oxygens (including phenoxy) is 1. The van der Waals surface area contributed by atoms with Crippen LogP contribution in [-0.4, -0.2) is 31.9 Å². The molecule has 5 nitrogen and oxygen atoms in total. The third-order valence-corrected chi connectivity index (χ3v) is 5.01. The third kappa shape index (κ3) is 4.56. The molecule has 2 rings (SSSR count). The van der Waals surface area contributed by atoms with Gasteiger partial charge < -0.3 is 9.84 Å². The van der Waals surface area contributed by atoms with Crippen molar-refractivity contribution in [2.24, 2.45) is 0 Å². The van der Waals surface area contributed by atoms with Gasteiger partial charge in [0.1, 0.15) is 5.75 Å². The molecule has 0 amide bonds. The molecular weight excluding hydrogens is 316 g/mol. The lowest BCUT2D eigenvalue weighted by atomic mass is 10.1. The molecule has 0 aliphatic heterocycles. The van der Waals surface area contributed by atoms with Crippen molar-refractivity contribution < 1.29 is 23.1 Å².